The first-order valence-electron chi connectivity index (χ1n) is 9.89. The normalized spacial score (nSPS) is 18.6. The molecule has 2 N–H and O–H groups in total. The van der Waals surface area contributed by atoms with E-state index in [4.69, 9.17) is 9.47 Å². The van der Waals surface area contributed by atoms with Crippen molar-refractivity contribution in [3.8, 4) is 5.75 Å². The molecular formula is C21H29N3O4. The molecule has 2 atom stereocenters. The van der Waals surface area contributed by atoms with Gasteiger partial charge in [0.05, 0.1) is 25.4 Å². The van der Waals surface area contributed by atoms with Crippen LogP contribution in [0, 0.1) is 0 Å². The third-order valence-electron chi connectivity index (χ3n) is 5.46. The van der Waals surface area contributed by atoms with Crippen LogP contribution in [0.2, 0.25) is 0 Å². The average Bonchev–Trinajstić information content (AvgIpc) is 3.05. The lowest BCUT2D eigenvalue weighted by Gasteiger charge is -2.37. The number of nitrogens with one attached hydrogen (secondary N) is 2. The van der Waals surface area contributed by atoms with Gasteiger partial charge in [-0.1, -0.05) is 6.42 Å². The first kappa shape index (κ1) is 20.2. The predicted molar refractivity (Wildman–Crippen MR) is 109 cm³/mol. The number of rotatable bonds is 6. The molecule has 1 fully saturated rings. The van der Waals surface area contributed by atoms with E-state index in [1.165, 1.54) is 6.42 Å². The molecule has 7 heteroatoms. The molecule has 152 valence electrons. The molecule has 0 aliphatic carbocycles. The highest BCUT2D eigenvalue weighted by Crippen LogP contribution is 2.32. The Morgan fingerprint density at radius 3 is 2.82 bits per heavy atom. The minimum absolute atomic E-state index is 0.136. The average molecular weight is 387 g/mol. The fourth-order valence-electron chi connectivity index (χ4n) is 3.86. The summed E-state index contributed by atoms with van der Waals surface area (Å²) in [7, 11) is 1.58. The Morgan fingerprint density at radius 1 is 1.36 bits per heavy atom. The number of amides is 1. The van der Waals surface area contributed by atoms with Crippen LogP contribution < -0.4 is 10.1 Å². The van der Waals surface area contributed by atoms with Crippen molar-refractivity contribution in [3.05, 3.63) is 23.9 Å². The lowest BCUT2D eigenvalue weighted by atomic mass is 10.0. The number of H-pyrrole nitrogens is 1. The summed E-state index contributed by atoms with van der Waals surface area (Å²) in [6, 6.07) is 5.50. The van der Waals surface area contributed by atoms with Crippen molar-refractivity contribution >= 4 is 28.5 Å². The van der Waals surface area contributed by atoms with Gasteiger partial charge in [-0.3, -0.25) is 9.69 Å². The van der Waals surface area contributed by atoms with Crippen LogP contribution in [-0.2, 0) is 9.53 Å². The van der Waals surface area contributed by atoms with Gasteiger partial charge in [0.15, 0.2) is 0 Å². The molecular weight excluding hydrogens is 358 g/mol. The zero-order chi connectivity index (χ0) is 20.3. The maximum Gasteiger partial charge on any atom is 0.356 e. The van der Waals surface area contributed by atoms with Crippen LogP contribution in [0.3, 0.4) is 0 Å². The molecule has 28 heavy (non-hydrogen) atoms. The lowest BCUT2D eigenvalue weighted by Crippen LogP contribution is -2.49. The van der Waals surface area contributed by atoms with Gasteiger partial charge in [0.1, 0.15) is 11.4 Å². The van der Waals surface area contributed by atoms with E-state index >= 15 is 0 Å². The SMILES string of the molecule is CCOC(=O)c1[nH]c2ccc(OC)cc2c1NC(=O)[C@@H](C)N1CCCC[C@H]1C. The number of ether oxygens (including phenoxy) is 2. The Labute approximate surface area is 165 Å². The molecule has 1 aliphatic heterocycles. The molecule has 1 aromatic carbocycles. The summed E-state index contributed by atoms with van der Waals surface area (Å²) in [5.41, 5.74) is 1.42. The molecule has 0 bridgehead atoms. The third-order valence-corrected chi connectivity index (χ3v) is 5.46. The Morgan fingerprint density at radius 2 is 2.14 bits per heavy atom. The van der Waals surface area contributed by atoms with Crippen LogP contribution in [-0.4, -0.2) is 54.1 Å². The minimum atomic E-state index is -0.494. The second kappa shape index (κ2) is 8.65. The van der Waals surface area contributed by atoms with E-state index in [0.717, 1.165) is 30.3 Å². The number of anilines is 1. The van der Waals surface area contributed by atoms with E-state index in [0.29, 0.717) is 17.5 Å². The van der Waals surface area contributed by atoms with E-state index in [1.807, 2.05) is 13.0 Å². The van der Waals surface area contributed by atoms with Crippen molar-refractivity contribution in [2.75, 3.05) is 25.6 Å². The summed E-state index contributed by atoms with van der Waals surface area (Å²) in [6.07, 6.45) is 3.39. The minimum Gasteiger partial charge on any atom is -0.497 e. The predicted octanol–water partition coefficient (Wildman–Crippen LogP) is 3.55. The standard InChI is InChI=1S/C21H29N3O4/c1-5-28-21(26)19-18(16-12-15(27-4)9-10-17(16)22-19)23-20(25)14(3)24-11-7-6-8-13(24)2/h9-10,12-14,22H,5-8,11H2,1-4H3,(H,23,25)/t13-,14-/m1/s1. The maximum absolute atomic E-state index is 13.0. The van der Waals surface area contributed by atoms with Crippen molar-refractivity contribution in [2.45, 2.75) is 52.1 Å². The molecule has 0 unspecified atom stereocenters. The number of hydrogen-bond acceptors (Lipinski definition) is 5. The Balaban J connectivity index is 1.94. The number of fused-ring (bicyclic) bond motifs is 1. The number of piperidine rings is 1. The fraction of sp³-hybridized carbons (Fsp3) is 0.524. The number of carbonyl (C=O) groups is 2. The number of likely N-dealkylation sites (tertiary alicyclic amines) is 1. The molecule has 1 aromatic heterocycles. The Kier molecular flexibility index (Phi) is 6.24. The first-order valence-corrected chi connectivity index (χ1v) is 9.89. The number of aromatic amines is 1. The molecule has 0 radical (unpaired) electrons. The van der Waals surface area contributed by atoms with E-state index < -0.39 is 5.97 Å². The number of hydrogen-bond donors (Lipinski definition) is 2. The highest BCUT2D eigenvalue weighted by atomic mass is 16.5. The number of methoxy groups -OCH3 is 1. The topological polar surface area (TPSA) is 83.7 Å². The molecule has 0 saturated carbocycles. The second-order valence-corrected chi connectivity index (χ2v) is 7.25. The summed E-state index contributed by atoms with van der Waals surface area (Å²) in [6.45, 7) is 6.98. The van der Waals surface area contributed by atoms with E-state index in [2.05, 4.69) is 22.1 Å². The van der Waals surface area contributed by atoms with Gasteiger partial charge in [0.2, 0.25) is 5.91 Å². The van der Waals surface area contributed by atoms with Gasteiger partial charge < -0.3 is 19.8 Å². The van der Waals surface area contributed by atoms with Crippen molar-refractivity contribution < 1.29 is 19.1 Å². The molecule has 1 saturated heterocycles. The summed E-state index contributed by atoms with van der Waals surface area (Å²) < 4.78 is 10.5. The molecule has 7 nitrogen and oxygen atoms in total. The highest BCUT2D eigenvalue weighted by molar-refractivity contribution is 6.12. The number of carbonyl (C=O) groups excluding carboxylic acids is 2. The third kappa shape index (κ3) is 3.99. The van der Waals surface area contributed by atoms with Crippen LogP contribution in [0.4, 0.5) is 5.69 Å². The van der Waals surface area contributed by atoms with Gasteiger partial charge in [-0.2, -0.15) is 0 Å². The van der Waals surface area contributed by atoms with Gasteiger partial charge >= 0.3 is 5.97 Å². The largest absolute Gasteiger partial charge is 0.497 e. The lowest BCUT2D eigenvalue weighted by molar-refractivity contribution is -0.122. The molecule has 1 amide bonds. The quantitative estimate of drug-likeness (QED) is 0.741. The number of aromatic nitrogens is 1. The molecule has 0 spiro atoms. The van der Waals surface area contributed by atoms with E-state index in [9.17, 15) is 9.59 Å². The van der Waals surface area contributed by atoms with Gasteiger partial charge in [-0.15, -0.1) is 0 Å². The Bertz CT molecular complexity index is 861. The zero-order valence-corrected chi connectivity index (χ0v) is 17.0. The van der Waals surface area contributed by atoms with Gasteiger partial charge in [-0.05, 0) is 58.4 Å². The van der Waals surface area contributed by atoms with Crippen molar-refractivity contribution in [2.24, 2.45) is 0 Å². The van der Waals surface area contributed by atoms with Gasteiger partial charge in [0.25, 0.3) is 0 Å². The van der Waals surface area contributed by atoms with Crippen molar-refractivity contribution in [3.63, 3.8) is 0 Å². The van der Waals surface area contributed by atoms with Crippen LogP contribution in [0.1, 0.15) is 50.5 Å². The summed E-state index contributed by atoms with van der Waals surface area (Å²) >= 11 is 0. The molecule has 1 aliphatic rings. The number of benzene rings is 1. The van der Waals surface area contributed by atoms with E-state index in [-0.39, 0.29) is 24.2 Å². The fourth-order valence-corrected chi connectivity index (χ4v) is 3.86. The van der Waals surface area contributed by atoms with Crippen molar-refractivity contribution in [1.82, 2.24) is 9.88 Å². The van der Waals surface area contributed by atoms with Crippen LogP contribution in [0.5, 0.6) is 5.75 Å². The van der Waals surface area contributed by atoms with Crippen LogP contribution in [0.25, 0.3) is 10.9 Å². The number of esters is 1. The zero-order valence-electron chi connectivity index (χ0n) is 17.0. The maximum atomic E-state index is 13.0. The van der Waals surface area contributed by atoms with Gasteiger partial charge in [0, 0.05) is 16.9 Å². The number of nitrogens with zero attached hydrogens (tertiary/aromatic N) is 1. The van der Waals surface area contributed by atoms with Crippen LogP contribution in [0.15, 0.2) is 18.2 Å². The molecule has 2 heterocycles. The highest BCUT2D eigenvalue weighted by Gasteiger charge is 2.29. The first-order chi connectivity index (χ1) is 13.5. The van der Waals surface area contributed by atoms with Crippen molar-refractivity contribution in [1.29, 1.82) is 0 Å². The summed E-state index contributed by atoms with van der Waals surface area (Å²) in [4.78, 5) is 30.8. The Hall–Kier alpha value is -2.54. The summed E-state index contributed by atoms with van der Waals surface area (Å²) in [5, 5.41) is 3.69. The molecule has 2 aromatic rings. The van der Waals surface area contributed by atoms with E-state index in [1.54, 1.807) is 26.2 Å². The van der Waals surface area contributed by atoms with Gasteiger partial charge in [-0.25, -0.2) is 4.79 Å². The van der Waals surface area contributed by atoms with Crippen LogP contribution >= 0.6 is 0 Å². The smallest absolute Gasteiger partial charge is 0.356 e. The monoisotopic (exact) mass is 387 g/mol. The molecule has 3 rings (SSSR count). The second-order valence-electron chi connectivity index (χ2n) is 7.25. The summed E-state index contributed by atoms with van der Waals surface area (Å²) in [5.74, 6) is 0.0186.